The summed E-state index contributed by atoms with van der Waals surface area (Å²) < 4.78 is 27.7. The number of anilines is 3. The molecule has 10 heteroatoms. The van der Waals surface area contributed by atoms with E-state index in [0.29, 0.717) is 23.6 Å². The third-order valence-corrected chi connectivity index (χ3v) is 6.24. The number of amides is 1. The fourth-order valence-electron chi connectivity index (χ4n) is 3.28. The molecule has 0 radical (unpaired) electrons. The molecular formula is C19H26N6O3S. The average Bonchev–Trinajstić information content (AvgIpc) is 3.20. The Morgan fingerprint density at radius 1 is 1.17 bits per heavy atom. The molecule has 2 aromatic rings. The van der Waals surface area contributed by atoms with E-state index in [-0.39, 0.29) is 17.3 Å². The molecule has 1 aromatic carbocycles. The van der Waals surface area contributed by atoms with E-state index in [1.165, 1.54) is 25.8 Å². The van der Waals surface area contributed by atoms with Gasteiger partial charge in [0.2, 0.25) is 15.9 Å². The summed E-state index contributed by atoms with van der Waals surface area (Å²) in [5.74, 6) is 0.408. The first-order valence-electron chi connectivity index (χ1n) is 9.54. The van der Waals surface area contributed by atoms with E-state index < -0.39 is 10.0 Å². The van der Waals surface area contributed by atoms with E-state index in [9.17, 15) is 13.2 Å². The Morgan fingerprint density at radius 3 is 2.62 bits per heavy atom. The Bertz CT molecular complexity index is 974. The van der Waals surface area contributed by atoms with Crippen molar-refractivity contribution in [2.75, 3.05) is 41.7 Å². The molecule has 1 saturated heterocycles. The first-order valence-corrected chi connectivity index (χ1v) is 11.0. The van der Waals surface area contributed by atoms with Crippen molar-refractivity contribution in [3.8, 4) is 0 Å². The molecule has 156 valence electrons. The standard InChI is InChI=1S/C19H26N6O3S/c1-14-11-16(23-15(2)26)5-6-18(14)29(27,28)22-8-7-20-19-12-17(13-21-24-19)25-9-3-4-10-25/h5-6,11-13,22H,3-4,7-10H2,1-2H3,(H,20,24)(H,23,26). The Hall–Kier alpha value is -2.72. The van der Waals surface area contributed by atoms with Crippen molar-refractivity contribution >= 4 is 33.1 Å². The van der Waals surface area contributed by atoms with Crippen LogP contribution in [0.5, 0.6) is 0 Å². The minimum absolute atomic E-state index is 0.183. The van der Waals surface area contributed by atoms with Crippen LogP contribution in [0.25, 0.3) is 0 Å². The van der Waals surface area contributed by atoms with Gasteiger partial charge in [-0.1, -0.05) is 0 Å². The number of nitrogens with zero attached hydrogens (tertiary/aromatic N) is 3. The maximum Gasteiger partial charge on any atom is 0.240 e. The van der Waals surface area contributed by atoms with Gasteiger partial charge in [-0.2, -0.15) is 5.10 Å². The highest BCUT2D eigenvalue weighted by molar-refractivity contribution is 7.89. The van der Waals surface area contributed by atoms with Crippen LogP contribution < -0.4 is 20.3 Å². The number of rotatable bonds is 8. The van der Waals surface area contributed by atoms with Crippen molar-refractivity contribution in [3.63, 3.8) is 0 Å². The van der Waals surface area contributed by atoms with Crippen molar-refractivity contribution in [1.29, 1.82) is 0 Å². The van der Waals surface area contributed by atoms with Gasteiger partial charge in [0, 0.05) is 44.9 Å². The topological polar surface area (TPSA) is 116 Å². The number of hydrogen-bond donors (Lipinski definition) is 3. The van der Waals surface area contributed by atoms with Crippen LogP contribution in [0.4, 0.5) is 17.2 Å². The molecule has 29 heavy (non-hydrogen) atoms. The van der Waals surface area contributed by atoms with Crippen LogP contribution in [0.1, 0.15) is 25.3 Å². The zero-order valence-corrected chi connectivity index (χ0v) is 17.4. The minimum Gasteiger partial charge on any atom is -0.370 e. The first-order chi connectivity index (χ1) is 13.8. The number of hydrogen-bond acceptors (Lipinski definition) is 7. The van der Waals surface area contributed by atoms with Crippen molar-refractivity contribution < 1.29 is 13.2 Å². The predicted molar refractivity (Wildman–Crippen MR) is 113 cm³/mol. The molecule has 3 N–H and O–H groups in total. The van der Waals surface area contributed by atoms with E-state index in [4.69, 9.17) is 0 Å². The van der Waals surface area contributed by atoms with E-state index in [0.717, 1.165) is 18.8 Å². The van der Waals surface area contributed by atoms with E-state index in [1.54, 1.807) is 25.3 Å². The smallest absolute Gasteiger partial charge is 0.240 e. The maximum atomic E-state index is 12.6. The summed E-state index contributed by atoms with van der Waals surface area (Å²) >= 11 is 0. The van der Waals surface area contributed by atoms with Gasteiger partial charge < -0.3 is 15.5 Å². The van der Waals surface area contributed by atoms with Crippen LogP contribution >= 0.6 is 0 Å². The number of carbonyl (C=O) groups excluding carboxylic acids is 1. The molecule has 1 amide bonds. The second kappa shape index (κ2) is 9.19. The molecule has 2 heterocycles. The number of benzene rings is 1. The summed E-state index contributed by atoms with van der Waals surface area (Å²) in [5, 5.41) is 13.8. The Labute approximate surface area is 171 Å². The molecule has 0 aliphatic carbocycles. The maximum absolute atomic E-state index is 12.6. The minimum atomic E-state index is -3.66. The highest BCUT2D eigenvalue weighted by Gasteiger charge is 2.17. The van der Waals surface area contributed by atoms with Gasteiger partial charge in [-0.05, 0) is 43.5 Å². The van der Waals surface area contributed by atoms with Gasteiger partial charge in [-0.25, -0.2) is 13.1 Å². The lowest BCUT2D eigenvalue weighted by Crippen LogP contribution is -2.29. The number of carbonyl (C=O) groups is 1. The van der Waals surface area contributed by atoms with Gasteiger partial charge in [-0.3, -0.25) is 4.79 Å². The zero-order valence-electron chi connectivity index (χ0n) is 16.6. The molecule has 0 spiro atoms. The molecule has 1 aromatic heterocycles. The number of aryl methyl sites for hydroxylation is 1. The Balaban J connectivity index is 1.54. The summed E-state index contributed by atoms with van der Waals surface area (Å²) in [6.45, 7) is 5.71. The number of nitrogens with one attached hydrogen (secondary N) is 3. The Kier molecular flexibility index (Phi) is 6.65. The molecule has 1 aliphatic rings. The van der Waals surface area contributed by atoms with Crippen LogP contribution in [0.3, 0.4) is 0 Å². The quantitative estimate of drug-likeness (QED) is 0.559. The largest absolute Gasteiger partial charge is 0.370 e. The van der Waals surface area contributed by atoms with Crippen molar-refractivity contribution in [2.45, 2.75) is 31.6 Å². The summed E-state index contributed by atoms with van der Waals surface area (Å²) in [7, 11) is -3.66. The predicted octanol–water partition coefficient (Wildman–Crippen LogP) is 1.73. The molecule has 3 rings (SSSR count). The third kappa shape index (κ3) is 5.64. The summed E-state index contributed by atoms with van der Waals surface area (Å²) in [6.07, 6.45) is 4.10. The molecule has 0 saturated carbocycles. The second-order valence-electron chi connectivity index (χ2n) is 6.98. The first kappa shape index (κ1) is 21.0. The summed E-state index contributed by atoms with van der Waals surface area (Å²) in [6, 6.07) is 6.62. The summed E-state index contributed by atoms with van der Waals surface area (Å²) in [5.41, 5.74) is 2.14. The van der Waals surface area contributed by atoms with E-state index >= 15 is 0 Å². The molecule has 0 bridgehead atoms. The van der Waals surface area contributed by atoms with Crippen LogP contribution in [-0.4, -0.2) is 50.7 Å². The molecule has 1 aliphatic heterocycles. The lowest BCUT2D eigenvalue weighted by Gasteiger charge is -2.17. The molecule has 0 unspecified atom stereocenters. The van der Waals surface area contributed by atoms with E-state index in [2.05, 4.69) is 30.5 Å². The van der Waals surface area contributed by atoms with Crippen LogP contribution in [0.15, 0.2) is 35.4 Å². The average molecular weight is 419 g/mol. The normalized spacial score (nSPS) is 14.1. The molecule has 0 atom stereocenters. The monoisotopic (exact) mass is 418 g/mol. The zero-order chi connectivity index (χ0) is 20.9. The van der Waals surface area contributed by atoms with E-state index in [1.807, 2.05) is 6.07 Å². The lowest BCUT2D eigenvalue weighted by molar-refractivity contribution is -0.114. The Morgan fingerprint density at radius 2 is 1.93 bits per heavy atom. The van der Waals surface area contributed by atoms with Crippen LogP contribution in [0.2, 0.25) is 0 Å². The summed E-state index contributed by atoms with van der Waals surface area (Å²) in [4.78, 5) is 13.6. The van der Waals surface area contributed by atoms with Gasteiger partial charge >= 0.3 is 0 Å². The SMILES string of the molecule is CC(=O)Nc1ccc(S(=O)(=O)NCCNc2cc(N3CCCC3)cnn2)c(C)c1. The third-order valence-electron chi connectivity index (χ3n) is 4.62. The molecule has 1 fully saturated rings. The van der Waals surface area contributed by atoms with Crippen molar-refractivity contribution in [3.05, 3.63) is 36.0 Å². The fraction of sp³-hybridized carbons (Fsp3) is 0.421. The number of sulfonamides is 1. The fourth-order valence-corrected chi connectivity index (χ4v) is 4.53. The van der Waals surface area contributed by atoms with Crippen molar-refractivity contribution in [1.82, 2.24) is 14.9 Å². The molecule has 9 nitrogen and oxygen atoms in total. The lowest BCUT2D eigenvalue weighted by atomic mass is 10.2. The van der Waals surface area contributed by atoms with Crippen LogP contribution in [-0.2, 0) is 14.8 Å². The van der Waals surface area contributed by atoms with Crippen LogP contribution in [0, 0.1) is 6.92 Å². The van der Waals surface area contributed by atoms with Gasteiger partial charge in [0.05, 0.1) is 16.8 Å². The second-order valence-corrected chi connectivity index (χ2v) is 8.71. The van der Waals surface area contributed by atoms with Gasteiger partial charge in [0.15, 0.2) is 5.82 Å². The number of aromatic nitrogens is 2. The molecular weight excluding hydrogens is 392 g/mol. The van der Waals surface area contributed by atoms with Gasteiger partial charge in [0.25, 0.3) is 0 Å². The highest BCUT2D eigenvalue weighted by Crippen LogP contribution is 2.21. The van der Waals surface area contributed by atoms with Crippen molar-refractivity contribution in [2.24, 2.45) is 0 Å². The highest BCUT2D eigenvalue weighted by atomic mass is 32.2. The van der Waals surface area contributed by atoms with Gasteiger partial charge in [0.1, 0.15) is 0 Å². The van der Waals surface area contributed by atoms with Gasteiger partial charge in [-0.15, -0.1) is 5.10 Å².